The maximum atomic E-state index is 12.6. The van der Waals surface area contributed by atoms with Crippen LogP contribution in [0.4, 0.5) is 0 Å². The molecular formula is C13H17NO4S. The van der Waals surface area contributed by atoms with Crippen LogP contribution in [0.1, 0.15) is 24.0 Å². The summed E-state index contributed by atoms with van der Waals surface area (Å²) in [5.74, 6) is -1.12. The van der Waals surface area contributed by atoms with Crippen molar-refractivity contribution in [2.24, 2.45) is 0 Å². The number of carbonyl (C=O) groups is 1. The highest BCUT2D eigenvalue weighted by molar-refractivity contribution is 7.89. The van der Waals surface area contributed by atoms with Crippen molar-refractivity contribution in [3.63, 3.8) is 0 Å². The van der Waals surface area contributed by atoms with Crippen molar-refractivity contribution in [3.8, 4) is 0 Å². The van der Waals surface area contributed by atoms with Crippen molar-refractivity contribution in [1.82, 2.24) is 4.31 Å². The molecule has 0 radical (unpaired) electrons. The van der Waals surface area contributed by atoms with Crippen LogP contribution in [0.25, 0.3) is 0 Å². The first-order valence-electron chi connectivity index (χ1n) is 6.13. The van der Waals surface area contributed by atoms with E-state index in [9.17, 15) is 13.2 Å². The summed E-state index contributed by atoms with van der Waals surface area (Å²) in [6.45, 7) is 3.07. The summed E-state index contributed by atoms with van der Waals surface area (Å²) in [6.07, 6.45) is 1.47. The Labute approximate surface area is 112 Å². The zero-order chi connectivity index (χ0) is 14.2. The molecule has 0 aromatic heterocycles. The topological polar surface area (TPSA) is 74.7 Å². The molecule has 0 aliphatic heterocycles. The Morgan fingerprint density at radius 3 is 2.53 bits per heavy atom. The molecule has 1 N–H and O–H groups in total. The van der Waals surface area contributed by atoms with Crippen molar-refractivity contribution < 1.29 is 18.3 Å². The van der Waals surface area contributed by atoms with E-state index in [-0.39, 0.29) is 10.9 Å². The Kier molecular flexibility index (Phi) is 3.64. The average Bonchev–Trinajstić information content (AvgIpc) is 3.12. The molecule has 1 aliphatic carbocycles. The number of carboxylic acid groups (broad SMARTS) is 1. The van der Waals surface area contributed by atoms with Gasteiger partial charge in [0.2, 0.25) is 10.0 Å². The molecule has 6 heteroatoms. The minimum Gasteiger partial charge on any atom is -0.480 e. The van der Waals surface area contributed by atoms with E-state index in [0.717, 1.165) is 22.7 Å². The van der Waals surface area contributed by atoms with Gasteiger partial charge in [-0.05, 0) is 43.9 Å². The van der Waals surface area contributed by atoms with Crippen molar-refractivity contribution in [3.05, 3.63) is 29.3 Å². The van der Waals surface area contributed by atoms with E-state index in [2.05, 4.69) is 0 Å². The lowest BCUT2D eigenvalue weighted by Crippen LogP contribution is -2.37. The van der Waals surface area contributed by atoms with Gasteiger partial charge in [0.1, 0.15) is 6.54 Å². The van der Waals surface area contributed by atoms with Crippen LogP contribution in [-0.4, -0.2) is 36.4 Å². The molecule has 0 bridgehead atoms. The SMILES string of the molecule is Cc1ccc(C)c(S(=O)(=O)N(CC(=O)O)C2CC2)c1. The summed E-state index contributed by atoms with van der Waals surface area (Å²) in [6, 6.07) is 5.02. The van der Waals surface area contributed by atoms with Crippen LogP contribution in [0, 0.1) is 13.8 Å². The van der Waals surface area contributed by atoms with Crippen LogP contribution in [0.2, 0.25) is 0 Å². The van der Waals surface area contributed by atoms with E-state index in [4.69, 9.17) is 5.11 Å². The fraction of sp³-hybridized carbons (Fsp3) is 0.462. The van der Waals surface area contributed by atoms with Gasteiger partial charge in [0.05, 0.1) is 4.90 Å². The molecule has 0 atom stereocenters. The first-order valence-corrected chi connectivity index (χ1v) is 7.57. The van der Waals surface area contributed by atoms with E-state index in [1.807, 2.05) is 13.0 Å². The molecule has 2 rings (SSSR count). The molecule has 1 fully saturated rings. The molecule has 104 valence electrons. The number of aryl methyl sites for hydroxylation is 2. The van der Waals surface area contributed by atoms with E-state index >= 15 is 0 Å². The smallest absolute Gasteiger partial charge is 0.318 e. The largest absolute Gasteiger partial charge is 0.480 e. The fourth-order valence-corrected chi connectivity index (χ4v) is 3.96. The Morgan fingerprint density at radius 2 is 2.00 bits per heavy atom. The van der Waals surface area contributed by atoms with Crippen molar-refractivity contribution in [1.29, 1.82) is 0 Å². The molecule has 0 amide bonds. The van der Waals surface area contributed by atoms with E-state index in [1.54, 1.807) is 19.1 Å². The number of nitrogens with zero attached hydrogens (tertiary/aromatic N) is 1. The zero-order valence-electron chi connectivity index (χ0n) is 11.0. The highest BCUT2D eigenvalue weighted by atomic mass is 32.2. The number of rotatable bonds is 5. The molecule has 0 spiro atoms. The predicted molar refractivity (Wildman–Crippen MR) is 70.5 cm³/mol. The van der Waals surface area contributed by atoms with Crippen LogP contribution >= 0.6 is 0 Å². The number of sulfonamides is 1. The van der Waals surface area contributed by atoms with E-state index < -0.39 is 22.5 Å². The Balaban J connectivity index is 2.44. The highest BCUT2D eigenvalue weighted by Crippen LogP contribution is 2.32. The van der Waals surface area contributed by atoms with Crippen LogP contribution in [0.5, 0.6) is 0 Å². The fourth-order valence-electron chi connectivity index (χ4n) is 2.02. The molecule has 1 saturated carbocycles. The van der Waals surface area contributed by atoms with Crippen LogP contribution in [-0.2, 0) is 14.8 Å². The van der Waals surface area contributed by atoms with Gasteiger partial charge in [-0.1, -0.05) is 12.1 Å². The molecule has 1 aliphatic rings. The lowest BCUT2D eigenvalue weighted by Gasteiger charge is -2.21. The Bertz CT molecular complexity index is 605. The zero-order valence-corrected chi connectivity index (χ0v) is 11.8. The number of carboxylic acids is 1. The van der Waals surface area contributed by atoms with Gasteiger partial charge in [0, 0.05) is 6.04 Å². The normalized spacial score (nSPS) is 15.7. The lowest BCUT2D eigenvalue weighted by molar-refractivity contribution is -0.137. The third-order valence-corrected chi connectivity index (χ3v) is 5.22. The van der Waals surface area contributed by atoms with Gasteiger partial charge >= 0.3 is 5.97 Å². The lowest BCUT2D eigenvalue weighted by atomic mass is 10.2. The first kappa shape index (κ1) is 14.0. The summed E-state index contributed by atoms with van der Waals surface area (Å²) in [5, 5.41) is 8.89. The van der Waals surface area contributed by atoms with E-state index in [1.165, 1.54) is 0 Å². The molecule has 0 unspecified atom stereocenters. The van der Waals surface area contributed by atoms with Gasteiger partial charge in [-0.25, -0.2) is 8.42 Å². The number of hydrogen-bond donors (Lipinski definition) is 1. The number of hydrogen-bond acceptors (Lipinski definition) is 3. The molecule has 5 nitrogen and oxygen atoms in total. The van der Waals surface area contributed by atoms with Crippen LogP contribution in [0.3, 0.4) is 0 Å². The first-order chi connectivity index (χ1) is 8.82. The van der Waals surface area contributed by atoms with Gasteiger partial charge in [-0.3, -0.25) is 4.79 Å². The maximum absolute atomic E-state index is 12.6. The summed E-state index contributed by atoms with van der Waals surface area (Å²) < 4.78 is 26.3. The van der Waals surface area contributed by atoms with Crippen LogP contribution < -0.4 is 0 Å². The molecule has 1 aromatic rings. The third kappa shape index (κ3) is 2.96. The standard InChI is InChI=1S/C13H17NO4S/c1-9-3-4-10(2)12(7-9)19(17,18)14(8-13(15)16)11-5-6-11/h3-4,7,11H,5-6,8H2,1-2H3,(H,15,16). The number of aliphatic carboxylic acids is 1. The monoisotopic (exact) mass is 283 g/mol. The second-order valence-corrected chi connectivity index (χ2v) is 6.80. The minimum atomic E-state index is -3.73. The van der Waals surface area contributed by atoms with Gasteiger partial charge < -0.3 is 5.11 Å². The molecular weight excluding hydrogens is 266 g/mol. The number of benzene rings is 1. The second-order valence-electron chi connectivity index (χ2n) is 4.94. The highest BCUT2D eigenvalue weighted by Gasteiger charge is 2.39. The quantitative estimate of drug-likeness (QED) is 0.889. The minimum absolute atomic E-state index is 0.166. The molecule has 0 heterocycles. The summed E-state index contributed by atoms with van der Waals surface area (Å²) in [7, 11) is -3.73. The second kappa shape index (κ2) is 4.94. The van der Waals surface area contributed by atoms with Crippen molar-refractivity contribution >= 4 is 16.0 Å². The van der Waals surface area contributed by atoms with Crippen molar-refractivity contribution in [2.75, 3.05) is 6.54 Å². The van der Waals surface area contributed by atoms with Gasteiger partial charge in [0.25, 0.3) is 0 Å². The predicted octanol–water partition coefficient (Wildman–Crippen LogP) is 1.54. The summed E-state index contributed by atoms with van der Waals surface area (Å²) >= 11 is 0. The average molecular weight is 283 g/mol. The molecule has 19 heavy (non-hydrogen) atoms. The Morgan fingerprint density at radius 1 is 1.37 bits per heavy atom. The third-order valence-electron chi connectivity index (χ3n) is 3.18. The molecule has 0 saturated heterocycles. The molecule has 1 aromatic carbocycles. The summed E-state index contributed by atoms with van der Waals surface area (Å²) in [4.78, 5) is 11.1. The summed E-state index contributed by atoms with van der Waals surface area (Å²) in [5.41, 5.74) is 1.48. The Hall–Kier alpha value is -1.40. The van der Waals surface area contributed by atoms with Crippen molar-refractivity contribution in [2.45, 2.75) is 37.6 Å². The van der Waals surface area contributed by atoms with Crippen LogP contribution in [0.15, 0.2) is 23.1 Å². The maximum Gasteiger partial charge on any atom is 0.318 e. The van der Waals surface area contributed by atoms with Gasteiger partial charge in [-0.2, -0.15) is 4.31 Å². The van der Waals surface area contributed by atoms with E-state index in [0.29, 0.717) is 5.56 Å². The van der Waals surface area contributed by atoms with Gasteiger partial charge in [0.15, 0.2) is 0 Å². The van der Waals surface area contributed by atoms with Gasteiger partial charge in [-0.15, -0.1) is 0 Å².